The number of carbonyl (C=O) groups excluding carboxylic acids is 1. The van der Waals surface area contributed by atoms with Gasteiger partial charge >= 0.3 is 5.97 Å². The van der Waals surface area contributed by atoms with Crippen LogP contribution in [0.5, 0.6) is 0 Å². The first-order chi connectivity index (χ1) is 7.11. The highest BCUT2D eigenvalue weighted by atomic mass is 16.7. The van der Waals surface area contributed by atoms with E-state index in [2.05, 4.69) is 9.99 Å². The van der Waals surface area contributed by atoms with Crippen molar-refractivity contribution >= 4 is 11.7 Å². The van der Waals surface area contributed by atoms with Gasteiger partial charge in [0, 0.05) is 6.92 Å². The first-order valence-corrected chi connectivity index (χ1v) is 4.92. The Morgan fingerprint density at radius 3 is 2.33 bits per heavy atom. The van der Waals surface area contributed by atoms with E-state index in [1.54, 1.807) is 0 Å². The van der Waals surface area contributed by atoms with E-state index in [4.69, 9.17) is 0 Å². The van der Waals surface area contributed by atoms with Crippen LogP contribution >= 0.6 is 0 Å². The number of carbonyl (C=O) groups is 1. The molecule has 0 aromatic heterocycles. The van der Waals surface area contributed by atoms with Gasteiger partial charge in [-0.3, -0.25) is 0 Å². The highest BCUT2D eigenvalue weighted by Gasteiger charge is 2.09. The van der Waals surface area contributed by atoms with E-state index in [0.717, 1.165) is 11.3 Å². The summed E-state index contributed by atoms with van der Waals surface area (Å²) in [6.07, 6.45) is 0. The summed E-state index contributed by atoms with van der Waals surface area (Å²) in [4.78, 5) is 15.3. The van der Waals surface area contributed by atoms with Crippen LogP contribution in [0.4, 0.5) is 0 Å². The van der Waals surface area contributed by atoms with Crippen LogP contribution in [0.15, 0.2) is 35.5 Å². The van der Waals surface area contributed by atoms with Gasteiger partial charge in [0.1, 0.15) is 0 Å². The van der Waals surface area contributed by atoms with Crippen LogP contribution in [-0.2, 0) is 9.63 Å². The van der Waals surface area contributed by atoms with Gasteiger partial charge in [0.05, 0.1) is 5.71 Å². The van der Waals surface area contributed by atoms with Crippen LogP contribution in [0.3, 0.4) is 0 Å². The van der Waals surface area contributed by atoms with E-state index in [1.165, 1.54) is 6.92 Å². The lowest BCUT2D eigenvalue weighted by atomic mass is 10.0. The van der Waals surface area contributed by atoms with E-state index >= 15 is 0 Å². The third-order valence-electron chi connectivity index (χ3n) is 1.89. The summed E-state index contributed by atoms with van der Waals surface area (Å²) in [5.74, 6) is -0.184. The van der Waals surface area contributed by atoms with Gasteiger partial charge in [-0.1, -0.05) is 49.3 Å². The topological polar surface area (TPSA) is 38.7 Å². The predicted octanol–water partition coefficient (Wildman–Crippen LogP) is 2.61. The zero-order valence-electron chi connectivity index (χ0n) is 9.23. The summed E-state index contributed by atoms with van der Waals surface area (Å²) in [7, 11) is 0. The first kappa shape index (κ1) is 11.4. The van der Waals surface area contributed by atoms with Crippen molar-refractivity contribution < 1.29 is 9.63 Å². The maximum absolute atomic E-state index is 10.7. The fraction of sp³-hybridized carbons (Fsp3) is 0.333. The molecule has 0 aliphatic carbocycles. The monoisotopic (exact) mass is 205 g/mol. The third kappa shape index (κ3) is 3.54. The Morgan fingerprint density at radius 1 is 1.27 bits per heavy atom. The lowest BCUT2D eigenvalue weighted by Gasteiger charge is -2.08. The molecule has 0 unspecified atom stereocenters. The molecule has 3 nitrogen and oxygen atoms in total. The standard InChI is InChI=1S/C12H15NO2/c1-9(2)12(13-15-10(3)14)11-7-5-4-6-8-11/h4-9H,1-3H3. The molecule has 0 aliphatic heterocycles. The second-order valence-corrected chi connectivity index (χ2v) is 3.58. The molecule has 0 fully saturated rings. The molecule has 3 heteroatoms. The van der Waals surface area contributed by atoms with Gasteiger partial charge in [-0.25, -0.2) is 4.79 Å². The van der Waals surface area contributed by atoms with Crippen LogP contribution in [-0.4, -0.2) is 11.7 Å². The van der Waals surface area contributed by atoms with Crippen LogP contribution < -0.4 is 0 Å². The van der Waals surface area contributed by atoms with Crippen molar-refractivity contribution in [2.45, 2.75) is 20.8 Å². The summed E-state index contributed by atoms with van der Waals surface area (Å²) in [5, 5.41) is 3.86. The fourth-order valence-corrected chi connectivity index (χ4v) is 1.21. The minimum absolute atomic E-state index is 0.215. The molecular formula is C12H15NO2. The average molecular weight is 205 g/mol. The van der Waals surface area contributed by atoms with Crippen LogP contribution in [0.25, 0.3) is 0 Å². The second-order valence-electron chi connectivity index (χ2n) is 3.58. The van der Waals surface area contributed by atoms with Gasteiger partial charge in [-0.05, 0) is 11.5 Å². The molecule has 15 heavy (non-hydrogen) atoms. The molecule has 1 aromatic carbocycles. The summed E-state index contributed by atoms with van der Waals surface area (Å²) in [5.41, 5.74) is 1.76. The summed E-state index contributed by atoms with van der Waals surface area (Å²) >= 11 is 0. The van der Waals surface area contributed by atoms with Gasteiger partial charge in [-0.2, -0.15) is 0 Å². The summed E-state index contributed by atoms with van der Waals surface area (Å²) in [6.45, 7) is 5.36. The van der Waals surface area contributed by atoms with Crippen LogP contribution in [0, 0.1) is 5.92 Å². The van der Waals surface area contributed by atoms with Gasteiger partial charge in [0.15, 0.2) is 0 Å². The molecule has 0 radical (unpaired) electrons. The summed E-state index contributed by atoms with van der Waals surface area (Å²) in [6, 6.07) is 9.69. The molecule has 0 bridgehead atoms. The zero-order valence-corrected chi connectivity index (χ0v) is 9.23. The quantitative estimate of drug-likeness (QED) is 0.432. The molecule has 0 saturated carbocycles. The number of oxime groups is 1. The Labute approximate surface area is 89.7 Å². The smallest absolute Gasteiger partial charge is 0.318 e. The Morgan fingerprint density at radius 2 is 1.87 bits per heavy atom. The second kappa shape index (κ2) is 5.29. The number of rotatable bonds is 3. The lowest BCUT2D eigenvalue weighted by Crippen LogP contribution is -2.10. The highest BCUT2D eigenvalue weighted by Crippen LogP contribution is 2.09. The number of nitrogens with zero attached hydrogens (tertiary/aromatic N) is 1. The number of hydrogen-bond acceptors (Lipinski definition) is 3. The molecule has 1 rings (SSSR count). The van der Waals surface area contributed by atoms with Crippen LogP contribution in [0.2, 0.25) is 0 Å². The number of benzene rings is 1. The summed E-state index contributed by atoms with van der Waals surface area (Å²) < 4.78 is 0. The molecule has 0 aliphatic rings. The van der Waals surface area contributed by atoms with Crippen molar-refractivity contribution in [1.82, 2.24) is 0 Å². The maximum Gasteiger partial charge on any atom is 0.331 e. The Hall–Kier alpha value is -1.64. The largest absolute Gasteiger partial charge is 0.331 e. The average Bonchev–Trinajstić information content (AvgIpc) is 2.18. The molecule has 0 heterocycles. The molecule has 0 spiro atoms. The molecule has 1 aromatic rings. The molecule has 80 valence electrons. The predicted molar refractivity (Wildman–Crippen MR) is 59.6 cm³/mol. The Balaban J connectivity index is 2.93. The first-order valence-electron chi connectivity index (χ1n) is 4.92. The minimum Gasteiger partial charge on any atom is -0.318 e. The molecular weight excluding hydrogens is 190 g/mol. The molecule has 0 atom stereocenters. The van der Waals surface area contributed by atoms with Crippen molar-refractivity contribution in [3.63, 3.8) is 0 Å². The number of hydrogen-bond donors (Lipinski definition) is 0. The van der Waals surface area contributed by atoms with Crippen LogP contribution in [0.1, 0.15) is 26.3 Å². The molecule has 0 saturated heterocycles. The van der Waals surface area contributed by atoms with Gasteiger partial charge in [0.2, 0.25) is 0 Å². The fourth-order valence-electron chi connectivity index (χ4n) is 1.21. The van der Waals surface area contributed by atoms with Crippen molar-refractivity contribution in [3.05, 3.63) is 35.9 Å². The van der Waals surface area contributed by atoms with E-state index in [9.17, 15) is 4.79 Å². The van der Waals surface area contributed by atoms with Gasteiger partial charge in [-0.15, -0.1) is 0 Å². The van der Waals surface area contributed by atoms with Gasteiger partial charge in [0.25, 0.3) is 0 Å². The van der Waals surface area contributed by atoms with Crippen molar-refractivity contribution in [2.24, 2.45) is 11.1 Å². The van der Waals surface area contributed by atoms with Crippen molar-refractivity contribution in [2.75, 3.05) is 0 Å². The van der Waals surface area contributed by atoms with E-state index in [-0.39, 0.29) is 5.92 Å². The Kier molecular flexibility index (Phi) is 4.03. The lowest BCUT2D eigenvalue weighted by molar-refractivity contribution is -0.140. The van der Waals surface area contributed by atoms with E-state index in [0.29, 0.717) is 0 Å². The zero-order chi connectivity index (χ0) is 11.3. The molecule has 0 amide bonds. The van der Waals surface area contributed by atoms with Crippen molar-refractivity contribution in [1.29, 1.82) is 0 Å². The highest BCUT2D eigenvalue weighted by molar-refractivity contribution is 6.01. The van der Waals surface area contributed by atoms with Gasteiger partial charge < -0.3 is 4.84 Å². The van der Waals surface area contributed by atoms with E-state index in [1.807, 2.05) is 44.2 Å². The molecule has 0 N–H and O–H groups in total. The van der Waals surface area contributed by atoms with E-state index < -0.39 is 5.97 Å². The SMILES string of the molecule is CC(=O)ON=C(c1ccccc1)C(C)C. The normalized spacial score (nSPS) is 11.6. The third-order valence-corrected chi connectivity index (χ3v) is 1.89. The minimum atomic E-state index is -0.399. The maximum atomic E-state index is 10.7. The Bertz CT molecular complexity index is 355. The van der Waals surface area contributed by atoms with Crippen molar-refractivity contribution in [3.8, 4) is 0 Å².